The van der Waals surface area contributed by atoms with Crippen molar-refractivity contribution in [3.05, 3.63) is 89.5 Å². The average Bonchev–Trinajstić information content (AvgIpc) is 2.92. The molecule has 2 aromatic heterocycles. The standard InChI is InChI=1S/C28H24ClN5O3/c29-22-6-3-7-25(37-16-17-10-11-31-32-13-17)26(22)18-8-9-21-23(12-18)33-28(36)34(27(21)35)24-15-30-14-19-4-1-2-5-20(19)24/h1-7,10-11,13-15,18,21,23H,8-9,12,16H2,(H,33,36). The molecule has 4 aromatic rings. The number of fused-ring (bicyclic) bond motifs is 2. The molecule has 1 saturated carbocycles. The van der Waals surface area contributed by atoms with Gasteiger partial charge in [0.2, 0.25) is 5.91 Å². The molecular formula is C28H24ClN5O3. The number of carbonyl (C=O) groups excluding carboxylic acids is 2. The lowest BCUT2D eigenvalue weighted by Gasteiger charge is -2.42. The van der Waals surface area contributed by atoms with Crippen LogP contribution in [0.25, 0.3) is 10.8 Å². The smallest absolute Gasteiger partial charge is 0.329 e. The van der Waals surface area contributed by atoms with Crippen LogP contribution in [0.4, 0.5) is 10.5 Å². The van der Waals surface area contributed by atoms with Crippen LogP contribution in [0, 0.1) is 5.92 Å². The number of urea groups is 1. The van der Waals surface area contributed by atoms with Crippen LogP contribution in [0.5, 0.6) is 5.75 Å². The van der Waals surface area contributed by atoms with Crippen LogP contribution in [0.2, 0.25) is 5.02 Å². The molecule has 2 aliphatic rings. The van der Waals surface area contributed by atoms with Gasteiger partial charge < -0.3 is 10.1 Å². The zero-order valence-electron chi connectivity index (χ0n) is 19.9. The number of hydrogen-bond donors (Lipinski definition) is 1. The van der Waals surface area contributed by atoms with E-state index in [9.17, 15) is 9.59 Å². The van der Waals surface area contributed by atoms with Gasteiger partial charge in [-0.2, -0.15) is 10.2 Å². The fourth-order valence-electron chi connectivity index (χ4n) is 5.49. The lowest BCUT2D eigenvalue weighted by Crippen LogP contribution is -2.61. The minimum atomic E-state index is -0.425. The highest BCUT2D eigenvalue weighted by Crippen LogP contribution is 2.45. The first kappa shape index (κ1) is 23.4. The SMILES string of the molecule is O=C1NC2CC(c3c(Cl)cccc3OCc3ccnnc3)CCC2C(=O)N1c1cncc2ccccc12. The average molecular weight is 514 g/mol. The number of halogens is 1. The number of hydrogen-bond acceptors (Lipinski definition) is 6. The van der Waals surface area contributed by atoms with Crippen LogP contribution < -0.4 is 15.0 Å². The van der Waals surface area contributed by atoms with Gasteiger partial charge in [-0.25, -0.2) is 9.69 Å². The summed E-state index contributed by atoms with van der Waals surface area (Å²) in [6, 6.07) is 14.4. The Hall–Kier alpha value is -4.04. The molecule has 2 fully saturated rings. The summed E-state index contributed by atoms with van der Waals surface area (Å²) < 4.78 is 6.13. The molecular weight excluding hydrogens is 490 g/mol. The number of carbonyl (C=O) groups is 2. The Morgan fingerprint density at radius 2 is 1.89 bits per heavy atom. The minimum Gasteiger partial charge on any atom is -0.488 e. The monoisotopic (exact) mass is 513 g/mol. The number of imide groups is 1. The normalized spacial score (nSPS) is 21.4. The van der Waals surface area contributed by atoms with E-state index >= 15 is 0 Å². The summed E-state index contributed by atoms with van der Waals surface area (Å²) in [5.74, 6) is 0.234. The summed E-state index contributed by atoms with van der Waals surface area (Å²) in [5, 5.41) is 13.1. The van der Waals surface area contributed by atoms with Gasteiger partial charge in [-0.05, 0) is 43.4 Å². The zero-order valence-corrected chi connectivity index (χ0v) is 20.6. The van der Waals surface area contributed by atoms with Gasteiger partial charge in [-0.15, -0.1) is 0 Å². The van der Waals surface area contributed by atoms with Crippen LogP contribution in [0.15, 0.2) is 73.3 Å². The summed E-state index contributed by atoms with van der Waals surface area (Å²) in [4.78, 5) is 32.4. The number of amides is 3. The predicted molar refractivity (Wildman–Crippen MR) is 139 cm³/mol. The molecule has 6 rings (SSSR count). The highest BCUT2D eigenvalue weighted by molar-refractivity contribution is 6.31. The van der Waals surface area contributed by atoms with Crippen LogP contribution in [0.3, 0.4) is 0 Å². The third kappa shape index (κ3) is 4.38. The number of pyridine rings is 1. The Labute approximate surface area is 218 Å². The molecule has 3 unspecified atom stereocenters. The fraction of sp³-hybridized carbons (Fsp3) is 0.250. The summed E-state index contributed by atoms with van der Waals surface area (Å²) in [6.45, 7) is 0.338. The highest BCUT2D eigenvalue weighted by atomic mass is 35.5. The molecule has 186 valence electrons. The second kappa shape index (κ2) is 9.78. The van der Waals surface area contributed by atoms with Gasteiger partial charge in [0, 0.05) is 45.4 Å². The first-order valence-corrected chi connectivity index (χ1v) is 12.6. The maximum atomic E-state index is 13.6. The molecule has 37 heavy (non-hydrogen) atoms. The summed E-state index contributed by atoms with van der Waals surface area (Å²) in [5.41, 5.74) is 2.32. The molecule has 1 aliphatic carbocycles. The Balaban J connectivity index is 1.24. The van der Waals surface area contributed by atoms with Crippen LogP contribution in [0.1, 0.15) is 36.3 Å². The number of anilines is 1. The van der Waals surface area contributed by atoms with E-state index in [0.717, 1.165) is 28.3 Å². The number of ether oxygens (including phenoxy) is 1. The van der Waals surface area contributed by atoms with Gasteiger partial charge in [0.1, 0.15) is 12.4 Å². The topological polar surface area (TPSA) is 97.3 Å². The minimum absolute atomic E-state index is 0.0411. The quantitative estimate of drug-likeness (QED) is 0.390. The van der Waals surface area contributed by atoms with E-state index in [-0.39, 0.29) is 23.8 Å². The second-order valence-electron chi connectivity index (χ2n) is 9.42. The number of nitrogens with one attached hydrogen (secondary N) is 1. The molecule has 3 heterocycles. The van der Waals surface area contributed by atoms with Crippen molar-refractivity contribution >= 4 is 40.0 Å². The number of rotatable bonds is 5. The van der Waals surface area contributed by atoms with Crippen molar-refractivity contribution in [1.29, 1.82) is 0 Å². The van der Waals surface area contributed by atoms with Crippen molar-refractivity contribution in [2.24, 2.45) is 5.92 Å². The van der Waals surface area contributed by atoms with E-state index in [1.165, 1.54) is 4.90 Å². The maximum absolute atomic E-state index is 13.6. The van der Waals surface area contributed by atoms with E-state index in [1.54, 1.807) is 24.8 Å². The third-order valence-corrected chi connectivity index (χ3v) is 7.58. The van der Waals surface area contributed by atoms with Gasteiger partial charge in [-0.3, -0.25) is 9.78 Å². The van der Waals surface area contributed by atoms with E-state index in [1.807, 2.05) is 48.5 Å². The van der Waals surface area contributed by atoms with Gasteiger partial charge in [0.15, 0.2) is 0 Å². The van der Waals surface area contributed by atoms with Gasteiger partial charge in [0.05, 0.1) is 24.0 Å². The van der Waals surface area contributed by atoms with E-state index in [0.29, 0.717) is 35.9 Å². The first-order valence-electron chi connectivity index (χ1n) is 12.2. The van der Waals surface area contributed by atoms with Gasteiger partial charge >= 0.3 is 6.03 Å². The van der Waals surface area contributed by atoms with E-state index in [4.69, 9.17) is 16.3 Å². The predicted octanol–water partition coefficient (Wildman–Crippen LogP) is 5.27. The Morgan fingerprint density at radius 1 is 1.00 bits per heavy atom. The lowest BCUT2D eigenvalue weighted by molar-refractivity contribution is -0.124. The van der Waals surface area contributed by atoms with Crippen LogP contribution in [-0.2, 0) is 11.4 Å². The molecule has 9 heteroatoms. The Bertz CT molecular complexity index is 1480. The molecule has 2 aromatic carbocycles. The lowest BCUT2D eigenvalue weighted by atomic mass is 9.74. The largest absolute Gasteiger partial charge is 0.488 e. The molecule has 0 bridgehead atoms. The molecule has 0 radical (unpaired) electrons. The van der Waals surface area contributed by atoms with Gasteiger partial charge in [0.25, 0.3) is 0 Å². The van der Waals surface area contributed by atoms with Crippen molar-refractivity contribution in [2.45, 2.75) is 37.8 Å². The number of nitrogens with zero attached hydrogens (tertiary/aromatic N) is 4. The van der Waals surface area contributed by atoms with Crippen molar-refractivity contribution in [3.8, 4) is 5.75 Å². The molecule has 1 N–H and O–H groups in total. The molecule has 3 atom stereocenters. The van der Waals surface area contributed by atoms with Crippen LogP contribution >= 0.6 is 11.6 Å². The molecule has 0 spiro atoms. The van der Waals surface area contributed by atoms with E-state index < -0.39 is 6.03 Å². The van der Waals surface area contributed by atoms with Gasteiger partial charge in [-0.1, -0.05) is 41.9 Å². The third-order valence-electron chi connectivity index (χ3n) is 7.25. The van der Waals surface area contributed by atoms with Crippen molar-refractivity contribution in [2.75, 3.05) is 4.90 Å². The summed E-state index contributed by atoms with van der Waals surface area (Å²) in [7, 11) is 0. The highest BCUT2D eigenvalue weighted by Gasteiger charge is 2.46. The summed E-state index contributed by atoms with van der Waals surface area (Å²) >= 11 is 6.66. The zero-order chi connectivity index (χ0) is 25.4. The molecule has 1 saturated heterocycles. The fourth-order valence-corrected chi connectivity index (χ4v) is 5.81. The Morgan fingerprint density at radius 3 is 2.76 bits per heavy atom. The summed E-state index contributed by atoms with van der Waals surface area (Å²) in [6.07, 6.45) is 8.57. The number of aromatic nitrogens is 3. The first-order chi connectivity index (χ1) is 18.1. The van der Waals surface area contributed by atoms with Crippen molar-refractivity contribution in [1.82, 2.24) is 20.5 Å². The molecule has 3 amide bonds. The maximum Gasteiger partial charge on any atom is 0.329 e. The van der Waals surface area contributed by atoms with E-state index in [2.05, 4.69) is 20.5 Å². The molecule has 1 aliphatic heterocycles. The van der Waals surface area contributed by atoms with Crippen molar-refractivity contribution in [3.63, 3.8) is 0 Å². The Kier molecular flexibility index (Phi) is 6.18. The molecule has 8 nitrogen and oxygen atoms in total. The second-order valence-corrected chi connectivity index (χ2v) is 9.82. The van der Waals surface area contributed by atoms with Crippen LogP contribution in [-0.4, -0.2) is 33.2 Å². The van der Waals surface area contributed by atoms with Crippen molar-refractivity contribution < 1.29 is 14.3 Å². The number of benzene rings is 2.